The van der Waals surface area contributed by atoms with E-state index >= 15 is 0 Å². The van der Waals surface area contributed by atoms with Gasteiger partial charge in [0.1, 0.15) is 11.5 Å². The zero-order chi connectivity index (χ0) is 20.4. The van der Waals surface area contributed by atoms with Crippen LogP contribution in [0.5, 0.6) is 0 Å². The molecule has 0 aliphatic rings. The number of hydrogen-bond donors (Lipinski definition) is 1. The highest BCUT2D eigenvalue weighted by Gasteiger charge is 2.17. The third kappa shape index (κ3) is 4.38. The van der Waals surface area contributed by atoms with Crippen molar-refractivity contribution in [2.24, 2.45) is 0 Å². The summed E-state index contributed by atoms with van der Waals surface area (Å²) in [6.45, 7) is 5.66. The normalized spacial score (nSPS) is 10.9. The van der Waals surface area contributed by atoms with Gasteiger partial charge in [0.2, 0.25) is 0 Å². The summed E-state index contributed by atoms with van der Waals surface area (Å²) in [6.07, 6.45) is 0.701. The molecule has 0 aliphatic carbocycles. The zero-order valence-electron chi connectivity index (χ0n) is 16.4. The molecular formula is C21H20N6OS. The molecule has 146 valence electrons. The summed E-state index contributed by atoms with van der Waals surface area (Å²) in [5.74, 6) is 0.648. The van der Waals surface area contributed by atoms with Crippen LogP contribution in [0.25, 0.3) is 5.95 Å². The van der Waals surface area contributed by atoms with Crippen LogP contribution in [-0.4, -0.2) is 30.6 Å². The van der Waals surface area contributed by atoms with E-state index in [2.05, 4.69) is 25.4 Å². The highest BCUT2D eigenvalue weighted by atomic mass is 32.1. The number of nitrogens with one attached hydrogen (secondary N) is 1. The molecule has 3 heterocycles. The summed E-state index contributed by atoms with van der Waals surface area (Å²) < 4.78 is 1.55. The average Bonchev–Trinajstić information content (AvgIpc) is 3.28. The van der Waals surface area contributed by atoms with Crippen LogP contribution < -0.4 is 5.32 Å². The van der Waals surface area contributed by atoms with Gasteiger partial charge >= 0.3 is 0 Å². The lowest BCUT2D eigenvalue weighted by atomic mass is 10.2. The predicted octanol–water partition coefficient (Wildman–Crippen LogP) is 3.89. The molecule has 0 atom stereocenters. The lowest BCUT2D eigenvalue weighted by Gasteiger charge is -2.08. The molecule has 0 saturated carbocycles. The smallest absolute Gasteiger partial charge is 0.276 e. The van der Waals surface area contributed by atoms with Crippen molar-refractivity contribution < 1.29 is 4.79 Å². The van der Waals surface area contributed by atoms with Crippen LogP contribution in [-0.2, 0) is 6.42 Å². The topological polar surface area (TPSA) is 85.6 Å². The minimum absolute atomic E-state index is 0.286. The van der Waals surface area contributed by atoms with Gasteiger partial charge in [-0.15, -0.1) is 11.3 Å². The summed E-state index contributed by atoms with van der Waals surface area (Å²) >= 11 is 1.47. The molecule has 0 spiro atoms. The number of amides is 1. The van der Waals surface area contributed by atoms with Gasteiger partial charge in [0.05, 0.1) is 10.7 Å². The number of aryl methyl sites for hydroxylation is 3. The third-order valence-corrected chi connectivity index (χ3v) is 5.06. The Kier molecular flexibility index (Phi) is 5.18. The summed E-state index contributed by atoms with van der Waals surface area (Å²) in [7, 11) is 0. The summed E-state index contributed by atoms with van der Waals surface area (Å²) in [5, 5.41) is 9.98. The van der Waals surface area contributed by atoms with E-state index in [-0.39, 0.29) is 5.91 Å². The quantitative estimate of drug-likeness (QED) is 0.545. The largest absolute Gasteiger partial charge is 0.305 e. The van der Waals surface area contributed by atoms with Crippen LogP contribution in [0.15, 0.2) is 47.8 Å². The number of hydrogen-bond acceptors (Lipinski definition) is 6. The molecule has 8 heteroatoms. The highest BCUT2D eigenvalue weighted by Crippen LogP contribution is 2.19. The van der Waals surface area contributed by atoms with Crippen molar-refractivity contribution in [3.05, 3.63) is 81.2 Å². The lowest BCUT2D eigenvalue weighted by molar-refractivity contribution is 0.102. The number of nitrogens with zero attached hydrogens (tertiary/aromatic N) is 5. The van der Waals surface area contributed by atoms with Gasteiger partial charge in [-0.3, -0.25) is 4.79 Å². The number of carbonyl (C=O) groups excluding carboxylic acids is 1. The molecule has 4 aromatic rings. The zero-order valence-corrected chi connectivity index (χ0v) is 17.2. The van der Waals surface area contributed by atoms with Gasteiger partial charge in [0, 0.05) is 29.3 Å². The van der Waals surface area contributed by atoms with Crippen LogP contribution in [0.2, 0.25) is 0 Å². The second-order valence-electron chi connectivity index (χ2n) is 6.78. The van der Waals surface area contributed by atoms with Crippen molar-refractivity contribution in [2.75, 3.05) is 5.32 Å². The van der Waals surface area contributed by atoms with Crippen LogP contribution in [0.3, 0.4) is 0 Å². The number of benzene rings is 1. The van der Waals surface area contributed by atoms with Crippen molar-refractivity contribution >= 4 is 23.1 Å². The fourth-order valence-electron chi connectivity index (χ4n) is 2.99. The lowest BCUT2D eigenvalue weighted by Crippen LogP contribution is -2.17. The minimum Gasteiger partial charge on any atom is -0.305 e. The molecule has 0 bridgehead atoms. The Morgan fingerprint density at radius 3 is 2.45 bits per heavy atom. The van der Waals surface area contributed by atoms with Gasteiger partial charge in [-0.05, 0) is 32.4 Å². The van der Waals surface area contributed by atoms with Gasteiger partial charge in [-0.1, -0.05) is 30.3 Å². The van der Waals surface area contributed by atoms with Gasteiger partial charge < -0.3 is 5.32 Å². The van der Waals surface area contributed by atoms with Gasteiger partial charge in [-0.2, -0.15) is 9.78 Å². The van der Waals surface area contributed by atoms with Crippen molar-refractivity contribution in [1.82, 2.24) is 24.7 Å². The summed E-state index contributed by atoms with van der Waals surface area (Å²) in [5.41, 5.74) is 3.97. The van der Waals surface area contributed by atoms with Gasteiger partial charge in [0.25, 0.3) is 11.9 Å². The highest BCUT2D eigenvalue weighted by molar-refractivity contribution is 7.09. The van der Waals surface area contributed by atoms with E-state index in [0.717, 1.165) is 27.7 Å². The molecule has 4 rings (SSSR count). The van der Waals surface area contributed by atoms with Crippen molar-refractivity contribution in [3.8, 4) is 5.95 Å². The number of carbonyl (C=O) groups is 1. The maximum atomic E-state index is 12.8. The molecule has 3 aromatic heterocycles. The molecule has 1 N–H and O–H groups in total. The summed E-state index contributed by atoms with van der Waals surface area (Å²) in [4.78, 5) is 26.1. The van der Waals surface area contributed by atoms with Gasteiger partial charge in [-0.25, -0.2) is 15.0 Å². The van der Waals surface area contributed by atoms with Crippen LogP contribution in [0.4, 0.5) is 5.82 Å². The molecule has 29 heavy (non-hydrogen) atoms. The molecule has 0 unspecified atom stereocenters. The van der Waals surface area contributed by atoms with Crippen molar-refractivity contribution in [3.63, 3.8) is 0 Å². The molecule has 0 aliphatic heterocycles. The fourth-order valence-corrected chi connectivity index (χ4v) is 3.80. The van der Waals surface area contributed by atoms with Crippen LogP contribution in [0, 0.1) is 20.8 Å². The van der Waals surface area contributed by atoms with E-state index in [1.54, 1.807) is 16.1 Å². The second kappa shape index (κ2) is 7.92. The molecule has 7 nitrogen and oxygen atoms in total. The van der Waals surface area contributed by atoms with E-state index in [1.807, 2.05) is 57.2 Å². The number of rotatable bonds is 5. The SMILES string of the molecule is Cc1cc(C)nc(-n2nc(C)cc2NC(=O)c2csc(Cc3ccccc3)n2)n1. The first kappa shape index (κ1) is 18.9. The van der Waals surface area contributed by atoms with Crippen LogP contribution >= 0.6 is 11.3 Å². The fraction of sp³-hybridized carbons (Fsp3) is 0.190. The Bertz CT molecular complexity index is 1140. The van der Waals surface area contributed by atoms with Crippen molar-refractivity contribution in [1.29, 1.82) is 0 Å². The van der Waals surface area contributed by atoms with E-state index < -0.39 is 0 Å². The van der Waals surface area contributed by atoms with E-state index in [4.69, 9.17) is 0 Å². The first-order valence-corrected chi connectivity index (χ1v) is 10.0. The number of anilines is 1. The first-order valence-electron chi connectivity index (χ1n) is 9.17. The standard InChI is InChI=1S/C21H20N6OS/c1-13-9-14(2)23-21(22-13)27-18(10-15(3)26-27)25-20(28)17-12-29-19(24-17)11-16-7-5-4-6-8-16/h4-10,12H,11H2,1-3H3,(H,25,28). The number of aromatic nitrogens is 5. The van der Waals surface area contributed by atoms with Crippen molar-refractivity contribution in [2.45, 2.75) is 27.2 Å². The summed E-state index contributed by atoms with van der Waals surface area (Å²) in [6, 6.07) is 13.7. The average molecular weight is 404 g/mol. The third-order valence-electron chi connectivity index (χ3n) is 4.22. The first-order chi connectivity index (χ1) is 14.0. The molecular weight excluding hydrogens is 384 g/mol. The number of thiazole rings is 1. The van der Waals surface area contributed by atoms with Gasteiger partial charge in [0.15, 0.2) is 0 Å². The van der Waals surface area contributed by atoms with Crippen LogP contribution in [0.1, 0.15) is 38.1 Å². The Hall–Kier alpha value is -3.39. The predicted molar refractivity (Wildman–Crippen MR) is 113 cm³/mol. The second-order valence-corrected chi connectivity index (χ2v) is 7.72. The maximum absolute atomic E-state index is 12.8. The Balaban J connectivity index is 1.55. The Morgan fingerprint density at radius 2 is 1.72 bits per heavy atom. The van der Waals surface area contributed by atoms with E-state index in [1.165, 1.54) is 11.3 Å². The van der Waals surface area contributed by atoms with E-state index in [0.29, 0.717) is 23.9 Å². The molecule has 0 fully saturated rings. The molecule has 1 aromatic carbocycles. The molecule has 0 saturated heterocycles. The minimum atomic E-state index is -0.286. The monoisotopic (exact) mass is 404 g/mol. The molecule has 0 radical (unpaired) electrons. The molecule has 1 amide bonds. The Morgan fingerprint density at radius 1 is 1.00 bits per heavy atom. The Labute approximate surface area is 172 Å². The maximum Gasteiger partial charge on any atom is 0.276 e. The van der Waals surface area contributed by atoms with E-state index in [9.17, 15) is 4.79 Å².